The molecule has 0 aliphatic carbocycles. The third-order valence-corrected chi connectivity index (χ3v) is 8.25. The molecule has 216 valence electrons. The lowest BCUT2D eigenvalue weighted by atomic mass is 9.88. The average molecular weight is 567 g/mol. The molecule has 2 aromatic heterocycles. The highest BCUT2D eigenvalue weighted by Gasteiger charge is 2.29. The van der Waals surface area contributed by atoms with Crippen LogP contribution in [0, 0.1) is 5.92 Å². The standard InChI is InChI=1S/C38H38N4O/c1-21(2)18-27-24-14-10-9-12-22(24)19-28-32-31-25(16-17-39-32)30-23(20-29(31)43-33(27)28)13-11-15-26(30)34-40-35(37(3,4)5)42-36(41-34)38(6,7)8/h9-17,19-21H,18H2,1-8H3. The van der Waals surface area contributed by atoms with E-state index in [2.05, 4.69) is 116 Å². The summed E-state index contributed by atoms with van der Waals surface area (Å²) in [5.41, 5.74) is 3.81. The first kappa shape index (κ1) is 27.5. The lowest BCUT2D eigenvalue weighted by molar-refractivity contribution is 0.476. The molecule has 0 atom stereocenters. The number of pyridine rings is 1. The zero-order valence-electron chi connectivity index (χ0n) is 26.3. The summed E-state index contributed by atoms with van der Waals surface area (Å²) < 4.78 is 6.89. The van der Waals surface area contributed by atoms with Crippen LogP contribution in [0.1, 0.15) is 72.6 Å². The van der Waals surface area contributed by atoms with Crippen molar-refractivity contribution in [2.45, 2.75) is 72.6 Å². The zero-order valence-corrected chi connectivity index (χ0v) is 26.3. The fourth-order valence-corrected chi connectivity index (χ4v) is 6.18. The SMILES string of the molecule is CC(C)Cc1c2c(cc3ccccc13)-c1nccc3c1c(cc1cccc(-c4nc(C(C)(C)C)nc(C(C)(C)C)n4)c13)O2. The predicted molar refractivity (Wildman–Crippen MR) is 177 cm³/mol. The zero-order chi connectivity index (χ0) is 30.3. The first-order valence-corrected chi connectivity index (χ1v) is 15.2. The number of aromatic nitrogens is 4. The second-order valence-corrected chi connectivity index (χ2v) is 14.3. The first-order chi connectivity index (χ1) is 20.4. The molecule has 0 N–H and O–H groups in total. The molecule has 0 unspecified atom stereocenters. The van der Waals surface area contributed by atoms with Crippen LogP contribution in [0.3, 0.4) is 0 Å². The molecular weight excluding hydrogens is 528 g/mol. The van der Waals surface area contributed by atoms with Gasteiger partial charge in [-0.1, -0.05) is 97.9 Å². The summed E-state index contributed by atoms with van der Waals surface area (Å²) in [5.74, 6) is 4.55. The number of benzene rings is 4. The van der Waals surface area contributed by atoms with E-state index in [-0.39, 0.29) is 10.8 Å². The van der Waals surface area contributed by atoms with Crippen LogP contribution in [0.4, 0.5) is 0 Å². The highest BCUT2D eigenvalue weighted by Crippen LogP contribution is 2.51. The minimum absolute atomic E-state index is 0.219. The predicted octanol–water partition coefficient (Wildman–Crippen LogP) is 9.96. The molecule has 0 saturated carbocycles. The van der Waals surface area contributed by atoms with Crippen molar-refractivity contribution in [3.8, 4) is 34.1 Å². The maximum atomic E-state index is 6.89. The van der Waals surface area contributed by atoms with E-state index >= 15 is 0 Å². The van der Waals surface area contributed by atoms with Gasteiger partial charge in [0.15, 0.2) is 5.82 Å². The van der Waals surface area contributed by atoms with Gasteiger partial charge in [0, 0.05) is 39.1 Å². The highest BCUT2D eigenvalue weighted by molar-refractivity contribution is 6.20. The van der Waals surface area contributed by atoms with Crippen molar-refractivity contribution in [1.29, 1.82) is 0 Å². The van der Waals surface area contributed by atoms with Gasteiger partial charge in [0.1, 0.15) is 23.1 Å². The Balaban J connectivity index is 1.55. The number of nitrogens with zero attached hydrogens (tertiary/aromatic N) is 4. The Morgan fingerprint density at radius 1 is 0.698 bits per heavy atom. The van der Waals surface area contributed by atoms with Crippen molar-refractivity contribution in [2.24, 2.45) is 5.92 Å². The van der Waals surface area contributed by atoms with E-state index in [0.717, 1.165) is 67.9 Å². The van der Waals surface area contributed by atoms with Gasteiger partial charge in [0.05, 0.1) is 11.1 Å². The van der Waals surface area contributed by atoms with Crippen molar-refractivity contribution in [1.82, 2.24) is 19.9 Å². The van der Waals surface area contributed by atoms with Gasteiger partial charge in [-0.05, 0) is 52.1 Å². The van der Waals surface area contributed by atoms with Crippen molar-refractivity contribution < 1.29 is 4.74 Å². The summed E-state index contributed by atoms with van der Waals surface area (Å²) in [4.78, 5) is 20.0. The van der Waals surface area contributed by atoms with Gasteiger partial charge >= 0.3 is 0 Å². The van der Waals surface area contributed by atoms with Crippen LogP contribution in [-0.4, -0.2) is 19.9 Å². The van der Waals surface area contributed by atoms with Crippen molar-refractivity contribution in [3.05, 3.63) is 84.1 Å². The van der Waals surface area contributed by atoms with Crippen LogP contribution in [0.25, 0.3) is 55.0 Å². The van der Waals surface area contributed by atoms with Crippen LogP contribution >= 0.6 is 0 Å². The summed E-state index contributed by atoms with van der Waals surface area (Å²) in [7, 11) is 0. The van der Waals surface area contributed by atoms with E-state index in [9.17, 15) is 0 Å². The van der Waals surface area contributed by atoms with Gasteiger partial charge in [-0.2, -0.15) is 0 Å². The molecule has 6 aromatic rings. The van der Waals surface area contributed by atoms with Crippen molar-refractivity contribution in [3.63, 3.8) is 0 Å². The Hall–Kier alpha value is -4.38. The number of rotatable bonds is 3. The minimum atomic E-state index is -0.219. The molecular formula is C38H38N4O. The Labute approximate surface area is 253 Å². The summed E-state index contributed by atoms with van der Waals surface area (Å²) in [6.45, 7) is 17.4. The molecule has 0 radical (unpaired) electrons. The molecule has 1 aliphatic heterocycles. The lowest BCUT2D eigenvalue weighted by Crippen LogP contribution is -2.24. The molecule has 43 heavy (non-hydrogen) atoms. The maximum Gasteiger partial charge on any atom is 0.164 e. The van der Waals surface area contributed by atoms with Gasteiger partial charge in [0.25, 0.3) is 0 Å². The van der Waals surface area contributed by atoms with Crippen LogP contribution in [0.2, 0.25) is 0 Å². The van der Waals surface area contributed by atoms with E-state index in [1.807, 2.05) is 6.20 Å². The Morgan fingerprint density at radius 3 is 2.09 bits per heavy atom. The molecule has 4 aromatic carbocycles. The monoisotopic (exact) mass is 566 g/mol. The lowest BCUT2D eigenvalue weighted by Gasteiger charge is -2.26. The van der Waals surface area contributed by atoms with Gasteiger partial charge in [-0.3, -0.25) is 4.98 Å². The third kappa shape index (κ3) is 4.53. The summed E-state index contributed by atoms with van der Waals surface area (Å²) in [5, 5.41) is 6.76. The van der Waals surface area contributed by atoms with Crippen molar-refractivity contribution >= 4 is 32.3 Å². The van der Waals surface area contributed by atoms with E-state index in [1.165, 1.54) is 16.3 Å². The highest BCUT2D eigenvalue weighted by atomic mass is 16.5. The second kappa shape index (κ2) is 9.57. The number of hydrogen-bond acceptors (Lipinski definition) is 5. The molecule has 0 fully saturated rings. The first-order valence-electron chi connectivity index (χ1n) is 15.2. The molecule has 0 saturated heterocycles. The smallest absolute Gasteiger partial charge is 0.164 e. The molecule has 0 bridgehead atoms. The minimum Gasteiger partial charge on any atom is -0.456 e. The van der Waals surface area contributed by atoms with Gasteiger partial charge < -0.3 is 4.74 Å². The van der Waals surface area contributed by atoms with E-state index in [1.54, 1.807) is 0 Å². The topological polar surface area (TPSA) is 60.8 Å². The van der Waals surface area contributed by atoms with Crippen molar-refractivity contribution in [2.75, 3.05) is 0 Å². The molecule has 3 heterocycles. The largest absolute Gasteiger partial charge is 0.456 e. The molecule has 0 amide bonds. The van der Waals surface area contributed by atoms with Gasteiger partial charge in [0.2, 0.25) is 0 Å². The molecule has 5 heteroatoms. The number of fused-ring (bicyclic) bond motifs is 5. The Morgan fingerprint density at radius 2 is 1.40 bits per heavy atom. The fourth-order valence-electron chi connectivity index (χ4n) is 6.18. The van der Waals surface area contributed by atoms with Crippen LogP contribution < -0.4 is 4.74 Å². The number of hydrogen-bond donors (Lipinski definition) is 0. The van der Waals surface area contributed by atoms with E-state index < -0.39 is 0 Å². The van der Waals surface area contributed by atoms with Crippen LogP contribution in [0.15, 0.2) is 66.9 Å². The molecule has 0 spiro atoms. The summed E-state index contributed by atoms with van der Waals surface area (Å²) in [6, 6.07) is 21.5. The average Bonchev–Trinajstić information content (AvgIpc) is 2.96. The summed E-state index contributed by atoms with van der Waals surface area (Å²) in [6.07, 6.45) is 2.86. The van der Waals surface area contributed by atoms with Crippen LogP contribution in [0.5, 0.6) is 11.5 Å². The Bertz CT molecular complexity index is 2050. The van der Waals surface area contributed by atoms with Gasteiger partial charge in [-0.25, -0.2) is 15.0 Å². The molecule has 7 rings (SSSR count). The van der Waals surface area contributed by atoms with E-state index in [4.69, 9.17) is 24.7 Å². The third-order valence-electron chi connectivity index (χ3n) is 8.25. The Kier molecular flexibility index (Phi) is 6.11. The second-order valence-electron chi connectivity index (χ2n) is 14.3. The molecule has 5 nitrogen and oxygen atoms in total. The number of ether oxygens (including phenoxy) is 1. The molecule has 1 aliphatic rings. The summed E-state index contributed by atoms with van der Waals surface area (Å²) >= 11 is 0. The maximum absolute atomic E-state index is 6.89. The van der Waals surface area contributed by atoms with Crippen LogP contribution in [-0.2, 0) is 17.3 Å². The van der Waals surface area contributed by atoms with Gasteiger partial charge in [-0.15, -0.1) is 0 Å². The van der Waals surface area contributed by atoms with E-state index in [0.29, 0.717) is 11.7 Å². The fraction of sp³-hybridized carbons (Fsp3) is 0.316. The quantitative estimate of drug-likeness (QED) is 0.199. The normalized spacial score (nSPS) is 13.1.